The number of hydrogen-bond donors (Lipinski definition) is 6. The molecule has 2 fully saturated rings. The first-order valence-corrected chi connectivity index (χ1v) is 16.5. The zero-order chi connectivity index (χ0) is 34.3. The number of aryl methyl sites for hydroxylation is 1. The number of aromatic nitrogens is 1. The zero-order valence-electron chi connectivity index (χ0n) is 26.4. The Morgan fingerprint density at radius 1 is 1.38 bits per heavy atom. The van der Waals surface area contributed by atoms with Crippen molar-refractivity contribution < 1.29 is 37.9 Å². The van der Waals surface area contributed by atoms with Crippen molar-refractivity contribution in [1.82, 2.24) is 20.7 Å². The van der Waals surface area contributed by atoms with E-state index in [-0.39, 0.29) is 47.5 Å². The highest BCUT2D eigenvalue weighted by molar-refractivity contribution is 7.88. The van der Waals surface area contributed by atoms with Gasteiger partial charge in [-0.15, -0.1) is 11.3 Å². The molecule has 5 atom stereocenters. The molecular weight excluding hydrogens is 653 g/mol. The van der Waals surface area contributed by atoms with Crippen LogP contribution in [0, 0.1) is 0 Å². The van der Waals surface area contributed by atoms with E-state index in [1.807, 2.05) is 25.1 Å². The fourth-order valence-electron chi connectivity index (χ4n) is 5.56. The minimum Gasteiger partial charge on any atom is -0.486 e. The summed E-state index contributed by atoms with van der Waals surface area (Å²) in [5.41, 5.74) is 13.3. The summed E-state index contributed by atoms with van der Waals surface area (Å²) in [6, 6.07) is 5.56. The number of thiazole rings is 1. The maximum atomic E-state index is 13.3. The first-order valence-electron chi connectivity index (χ1n) is 14.9. The molecule has 5 unspecified atom stereocenters. The van der Waals surface area contributed by atoms with Crippen molar-refractivity contribution >= 4 is 58.6 Å². The van der Waals surface area contributed by atoms with Gasteiger partial charge < -0.3 is 41.3 Å². The van der Waals surface area contributed by atoms with Gasteiger partial charge in [-0.1, -0.05) is 5.16 Å². The number of amides is 2. The highest BCUT2D eigenvalue weighted by Crippen LogP contribution is 2.34. The van der Waals surface area contributed by atoms with E-state index in [0.29, 0.717) is 18.3 Å². The summed E-state index contributed by atoms with van der Waals surface area (Å²) in [6.45, 7) is 8.02. The number of hydrogen-bond acceptors (Lipinski definition) is 14. The molecule has 3 aliphatic heterocycles. The number of benzene rings is 1. The van der Waals surface area contributed by atoms with Crippen LogP contribution in [0.4, 0.5) is 5.13 Å². The number of nitrogen functional groups attached to an aromatic ring is 1. The second-order valence-corrected chi connectivity index (χ2v) is 13.0. The number of anilines is 1. The van der Waals surface area contributed by atoms with Crippen molar-refractivity contribution in [3.05, 3.63) is 40.4 Å². The predicted octanol–water partition coefficient (Wildman–Crippen LogP) is 1.93. The van der Waals surface area contributed by atoms with Gasteiger partial charge >= 0.3 is 0 Å². The smallest absolute Gasteiger partial charge is 0.290 e. The summed E-state index contributed by atoms with van der Waals surface area (Å²) >= 11 is 1.19. The largest absolute Gasteiger partial charge is 0.486 e. The summed E-state index contributed by atoms with van der Waals surface area (Å²) in [4.78, 5) is 49.0. The average molecular weight is 693 g/mol. The van der Waals surface area contributed by atoms with Crippen LogP contribution >= 0.6 is 23.7 Å². The van der Waals surface area contributed by atoms with Crippen LogP contribution in [0.1, 0.15) is 63.8 Å². The SMILES string of the molecule is CC1CC(N=C(N)c2ccc3c(c2)CCC(C(C)O/N=C(\C(=O)NC2C(=O)N(OSO)C2(C)C)c2csc(N)n2)O3)CCN1.O=CO. The Morgan fingerprint density at radius 3 is 2.77 bits per heavy atom. The van der Waals surface area contributed by atoms with Gasteiger partial charge in [0.25, 0.3) is 18.3 Å². The fraction of sp³-hybridized carbons (Fsp3) is 0.517. The normalized spacial score (nSPS) is 24.4. The molecule has 0 aliphatic carbocycles. The zero-order valence-corrected chi connectivity index (χ0v) is 28.0. The summed E-state index contributed by atoms with van der Waals surface area (Å²) in [6.07, 6.45) is 2.46. The summed E-state index contributed by atoms with van der Waals surface area (Å²) < 4.78 is 20.1. The molecule has 1 aromatic carbocycles. The summed E-state index contributed by atoms with van der Waals surface area (Å²) in [5.74, 6) is 0.0677. The lowest BCUT2D eigenvalue weighted by molar-refractivity contribution is -0.214. The van der Waals surface area contributed by atoms with E-state index < -0.39 is 29.5 Å². The predicted molar refractivity (Wildman–Crippen MR) is 177 cm³/mol. The molecule has 0 saturated carbocycles. The molecular formula is C29H40N8O8S2. The van der Waals surface area contributed by atoms with Crippen molar-refractivity contribution in [3.8, 4) is 5.75 Å². The lowest BCUT2D eigenvalue weighted by atomic mass is 9.84. The lowest BCUT2D eigenvalue weighted by Crippen LogP contribution is -2.76. The Balaban J connectivity index is 0.00000160. The van der Waals surface area contributed by atoms with Gasteiger partial charge in [-0.2, -0.15) is 9.35 Å². The van der Waals surface area contributed by atoms with E-state index in [1.54, 1.807) is 19.2 Å². The number of carboxylic acid groups (broad SMARTS) is 1. The quantitative estimate of drug-likeness (QED) is 0.0522. The summed E-state index contributed by atoms with van der Waals surface area (Å²) in [7, 11) is 0. The van der Waals surface area contributed by atoms with E-state index in [4.69, 9.17) is 44.8 Å². The number of ether oxygens (including phenoxy) is 1. The molecule has 0 spiro atoms. The van der Waals surface area contributed by atoms with Crippen LogP contribution in [0.2, 0.25) is 0 Å². The van der Waals surface area contributed by atoms with E-state index >= 15 is 0 Å². The van der Waals surface area contributed by atoms with Crippen molar-refractivity contribution in [2.24, 2.45) is 15.9 Å². The number of aliphatic imine (C=N–C) groups is 1. The Morgan fingerprint density at radius 2 is 2.13 bits per heavy atom. The van der Waals surface area contributed by atoms with Crippen LogP contribution < -0.4 is 26.8 Å². The van der Waals surface area contributed by atoms with E-state index in [9.17, 15) is 9.59 Å². The molecule has 2 aromatic rings. The Labute approximate surface area is 280 Å². The van der Waals surface area contributed by atoms with Gasteiger partial charge in [-0.3, -0.25) is 19.4 Å². The molecule has 47 heavy (non-hydrogen) atoms. The van der Waals surface area contributed by atoms with E-state index in [0.717, 1.165) is 59.1 Å². The van der Waals surface area contributed by atoms with Crippen molar-refractivity contribution in [2.75, 3.05) is 12.3 Å². The van der Waals surface area contributed by atoms with Gasteiger partial charge in [0.1, 0.15) is 29.4 Å². The lowest BCUT2D eigenvalue weighted by Gasteiger charge is -2.50. The number of piperidine rings is 1. The number of oxime groups is 1. The third kappa shape index (κ3) is 8.50. The van der Waals surface area contributed by atoms with Crippen LogP contribution in [-0.4, -0.2) is 92.0 Å². The molecule has 8 N–H and O–H groups in total. The van der Waals surface area contributed by atoms with Gasteiger partial charge in [0, 0.05) is 17.0 Å². The van der Waals surface area contributed by atoms with E-state index in [1.165, 1.54) is 0 Å². The van der Waals surface area contributed by atoms with Crippen LogP contribution in [-0.2, 0) is 29.9 Å². The number of nitrogens with two attached hydrogens (primary N) is 2. The number of carbonyl (C=O) groups is 3. The highest BCUT2D eigenvalue weighted by atomic mass is 32.2. The Bertz CT molecular complexity index is 1500. The van der Waals surface area contributed by atoms with Gasteiger partial charge in [0.15, 0.2) is 29.3 Å². The number of nitrogens with one attached hydrogen (secondary N) is 2. The molecule has 4 heterocycles. The standard InChI is InChI=1S/C28H38N8O6S2.CH2O2/c1-14-11-18(9-10-31-14)32-24(29)17-6-8-21-16(12-17)5-7-20(40-21)15(2)41-35-22(19-13-43-27(30)33-19)25(37)34-23-26(38)36(42-44-39)28(23,3)4;2-1-3/h6,8,12-15,18,20,23,31,39H,5,7,9-11H2,1-4H3,(H2,29,32)(H2,30,33)(H,34,37);1H,(H,2,3)/b35-22-;. The Kier molecular flexibility index (Phi) is 12.0. The molecule has 0 bridgehead atoms. The molecule has 5 rings (SSSR count). The number of nitrogens with zero attached hydrogens (tertiary/aromatic N) is 4. The number of hydroxylamine groups is 2. The Hall–Kier alpha value is -3.97. The fourth-order valence-corrected chi connectivity index (χ4v) is 6.44. The maximum absolute atomic E-state index is 13.3. The molecule has 256 valence electrons. The third-order valence-corrected chi connectivity index (χ3v) is 9.01. The monoisotopic (exact) mass is 692 g/mol. The van der Waals surface area contributed by atoms with Crippen molar-refractivity contribution in [3.63, 3.8) is 0 Å². The minimum atomic E-state index is -0.925. The maximum Gasteiger partial charge on any atom is 0.290 e. The van der Waals surface area contributed by atoms with Crippen LogP contribution in [0.5, 0.6) is 5.75 Å². The number of amidine groups is 1. The van der Waals surface area contributed by atoms with E-state index in [2.05, 4.69) is 27.7 Å². The second-order valence-electron chi connectivity index (χ2n) is 11.8. The van der Waals surface area contributed by atoms with Crippen LogP contribution in [0.3, 0.4) is 0 Å². The van der Waals surface area contributed by atoms with Gasteiger partial charge in [0.05, 0.1) is 11.6 Å². The highest BCUT2D eigenvalue weighted by Gasteiger charge is 2.57. The number of β-lactam (4-membered cyclic amide) rings is 1. The van der Waals surface area contributed by atoms with Gasteiger partial charge in [0.2, 0.25) is 0 Å². The molecule has 2 amide bonds. The first-order chi connectivity index (χ1) is 22.4. The molecule has 16 nitrogen and oxygen atoms in total. The molecule has 3 aliphatic rings. The first kappa shape index (κ1) is 35.9. The number of fused-ring (bicyclic) bond motifs is 1. The van der Waals surface area contributed by atoms with Crippen LogP contribution in [0.25, 0.3) is 0 Å². The van der Waals surface area contributed by atoms with Gasteiger partial charge in [-0.25, -0.2) is 4.98 Å². The molecule has 1 aromatic heterocycles. The second kappa shape index (κ2) is 15.7. The third-order valence-electron chi connectivity index (χ3n) is 8.12. The molecule has 2 saturated heterocycles. The number of rotatable bonds is 10. The minimum absolute atomic E-state index is 0.0487. The molecule has 18 heteroatoms. The summed E-state index contributed by atoms with van der Waals surface area (Å²) in [5, 5.41) is 20.0. The van der Waals surface area contributed by atoms with Crippen LogP contribution in [0.15, 0.2) is 33.7 Å². The van der Waals surface area contributed by atoms with Crippen molar-refractivity contribution in [2.45, 2.75) is 89.3 Å². The topological polar surface area (TPSA) is 236 Å². The molecule has 0 radical (unpaired) electrons. The van der Waals surface area contributed by atoms with Crippen molar-refractivity contribution in [1.29, 1.82) is 0 Å². The number of carbonyl (C=O) groups excluding carboxylic acids is 2. The van der Waals surface area contributed by atoms with Gasteiger partial charge in [-0.05, 0) is 83.7 Å². The average Bonchev–Trinajstić information content (AvgIpc) is 3.47.